The van der Waals surface area contributed by atoms with Crippen LogP contribution in [0.15, 0.2) is 94.5 Å². The maximum Gasteiger partial charge on any atom is 0.296 e. The number of rotatable bonds is 9. The summed E-state index contributed by atoms with van der Waals surface area (Å²) in [4.78, 5) is 28.0. The molecule has 1 amide bonds. The third-order valence-corrected chi connectivity index (χ3v) is 8.24. The summed E-state index contributed by atoms with van der Waals surface area (Å²) in [5.74, 6) is -2.16. The van der Waals surface area contributed by atoms with E-state index in [1.165, 1.54) is 54.1 Å². The molecular formula is C29H22FN3O5S2. The van der Waals surface area contributed by atoms with Gasteiger partial charge in [-0.05, 0) is 41.0 Å². The Morgan fingerprint density at radius 3 is 2.60 bits per heavy atom. The molecule has 0 spiro atoms. The second kappa shape index (κ2) is 11.7. The molecule has 0 radical (unpaired) electrons. The second-order valence-electron chi connectivity index (χ2n) is 8.61. The minimum atomic E-state index is -1.08. The molecular weight excluding hydrogens is 553 g/mol. The molecule has 4 aromatic rings. The highest BCUT2D eigenvalue weighted by Crippen LogP contribution is 2.44. The molecule has 1 aromatic heterocycles. The van der Waals surface area contributed by atoms with Crippen molar-refractivity contribution in [2.24, 2.45) is 0 Å². The van der Waals surface area contributed by atoms with Crippen LogP contribution in [0.3, 0.4) is 0 Å². The summed E-state index contributed by atoms with van der Waals surface area (Å²) in [6.45, 7) is 0. The number of hydrogen-bond acceptors (Lipinski definition) is 9. The number of carbonyl (C=O) groups excluding carboxylic acids is 2. The number of aromatic hydroxyl groups is 1. The number of ketones is 1. The molecule has 2 N–H and O–H groups in total. The van der Waals surface area contributed by atoms with Crippen molar-refractivity contribution in [2.45, 2.75) is 16.1 Å². The molecule has 1 unspecified atom stereocenters. The molecule has 40 heavy (non-hydrogen) atoms. The van der Waals surface area contributed by atoms with E-state index in [2.05, 4.69) is 10.2 Å². The van der Waals surface area contributed by atoms with Crippen molar-refractivity contribution < 1.29 is 28.9 Å². The van der Waals surface area contributed by atoms with Gasteiger partial charge in [0.2, 0.25) is 5.13 Å². The predicted molar refractivity (Wildman–Crippen MR) is 151 cm³/mol. The van der Waals surface area contributed by atoms with E-state index in [9.17, 15) is 24.2 Å². The minimum absolute atomic E-state index is 0.126. The van der Waals surface area contributed by atoms with Gasteiger partial charge in [-0.1, -0.05) is 83.8 Å². The van der Waals surface area contributed by atoms with E-state index in [0.717, 1.165) is 16.9 Å². The van der Waals surface area contributed by atoms with Gasteiger partial charge >= 0.3 is 0 Å². The van der Waals surface area contributed by atoms with Crippen LogP contribution in [-0.2, 0) is 15.3 Å². The number of amides is 1. The number of aliphatic hydroxyl groups excluding tert-OH is 1. The number of carbonyl (C=O) groups is 2. The molecule has 0 saturated carbocycles. The Labute approximate surface area is 237 Å². The van der Waals surface area contributed by atoms with Crippen LogP contribution in [0.1, 0.15) is 22.7 Å². The summed E-state index contributed by atoms with van der Waals surface area (Å²) in [5, 5.41) is 29.5. The Morgan fingerprint density at radius 2 is 1.85 bits per heavy atom. The summed E-state index contributed by atoms with van der Waals surface area (Å²) in [5.41, 5.74) is 1.51. The Morgan fingerprint density at radius 1 is 1.10 bits per heavy atom. The number of hydrogen-bond donors (Lipinski definition) is 2. The van der Waals surface area contributed by atoms with Crippen molar-refractivity contribution in [3.63, 3.8) is 0 Å². The van der Waals surface area contributed by atoms with Gasteiger partial charge < -0.3 is 14.9 Å². The van der Waals surface area contributed by atoms with Gasteiger partial charge in [0.15, 0.2) is 27.4 Å². The average molecular weight is 576 g/mol. The fraction of sp³-hybridized carbons (Fsp3) is 0.103. The van der Waals surface area contributed by atoms with Crippen LogP contribution in [0.2, 0.25) is 0 Å². The van der Waals surface area contributed by atoms with Crippen LogP contribution >= 0.6 is 23.1 Å². The number of anilines is 1. The predicted octanol–water partition coefficient (Wildman–Crippen LogP) is 5.87. The molecule has 0 saturated heterocycles. The smallest absolute Gasteiger partial charge is 0.296 e. The lowest BCUT2D eigenvalue weighted by Crippen LogP contribution is -2.30. The largest absolute Gasteiger partial charge is 0.504 e. The molecule has 1 atom stereocenters. The molecule has 2 heterocycles. The number of nitrogens with zero attached hydrogens (tertiary/aromatic N) is 3. The molecule has 5 rings (SSSR count). The number of ether oxygens (including phenoxy) is 1. The Kier molecular flexibility index (Phi) is 7.94. The minimum Gasteiger partial charge on any atom is -0.504 e. The van der Waals surface area contributed by atoms with Gasteiger partial charge in [-0.15, -0.1) is 10.2 Å². The maximum atomic E-state index is 14.1. The SMILES string of the molecule is COc1cc(C2C(C(=O)C=Cc3ccccc3)=C(O)C(=O)N2c2nnc(SCc3ccccc3F)s2)ccc1O. The monoisotopic (exact) mass is 575 g/mol. The zero-order valence-corrected chi connectivity index (χ0v) is 22.7. The number of benzene rings is 3. The van der Waals surface area contributed by atoms with Crippen molar-refractivity contribution in [1.82, 2.24) is 10.2 Å². The van der Waals surface area contributed by atoms with Gasteiger partial charge in [0.1, 0.15) is 5.82 Å². The molecule has 11 heteroatoms. The number of thioether (sulfide) groups is 1. The van der Waals surface area contributed by atoms with Crippen LogP contribution < -0.4 is 9.64 Å². The third-order valence-electron chi connectivity index (χ3n) is 6.13. The lowest BCUT2D eigenvalue weighted by atomic mass is 9.95. The van der Waals surface area contributed by atoms with E-state index in [4.69, 9.17) is 4.74 Å². The van der Waals surface area contributed by atoms with Crippen LogP contribution in [0, 0.1) is 5.82 Å². The molecule has 0 aliphatic carbocycles. The first-order valence-corrected chi connectivity index (χ1v) is 13.8. The first kappa shape index (κ1) is 27.1. The summed E-state index contributed by atoms with van der Waals surface area (Å²) in [6.07, 6.45) is 2.88. The fourth-order valence-electron chi connectivity index (χ4n) is 4.17. The Balaban J connectivity index is 1.50. The molecule has 202 valence electrons. The van der Waals surface area contributed by atoms with Gasteiger partial charge in [0.25, 0.3) is 5.91 Å². The summed E-state index contributed by atoms with van der Waals surface area (Å²) < 4.78 is 19.8. The lowest BCUT2D eigenvalue weighted by Gasteiger charge is -2.24. The van der Waals surface area contributed by atoms with Crippen LogP contribution in [0.4, 0.5) is 9.52 Å². The topological polar surface area (TPSA) is 113 Å². The number of allylic oxidation sites excluding steroid dienone is 1. The number of methoxy groups -OCH3 is 1. The van der Waals surface area contributed by atoms with E-state index in [1.807, 2.05) is 30.3 Å². The van der Waals surface area contributed by atoms with Crippen LogP contribution in [0.25, 0.3) is 6.08 Å². The maximum absolute atomic E-state index is 14.1. The first-order valence-electron chi connectivity index (χ1n) is 12.0. The van der Waals surface area contributed by atoms with Crippen molar-refractivity contribution in [3.05, 3.63) is 113 Å². The van der Waals surface area contributed by atoms with Gasteiger partial charge in [-0.2, -0.15) is 0 Å². The second-order valence-corrected chi connectivity index (χ2v) is 10.8. The van der Waals surface area contributed by atoms with E-state index in [1.54, 1.807) is 24.3 Å². The zero-order valence-electron chi connectivity index (χ0n) is 21.0. The summed E-state index contributed by atoms with van der Waals surface area (Å²) in [6, 6.07) is 18.8. The number of phenols is 1. The van der Waals surface area contributed by atoms with Crippen molar-refractivity contribution in [3.8, 4) is 11.5 Å². The lowest BCUT2D eigenvalue weighted by molar-refractivity contribution is -0.117. The highest BCUT2D eigenvalue weighted by atomic mass is 32.2. The number of aromatic nitrogens is 2. The summed E-state index contributed by atoms with van der Waals surface area (Å²) in [7, 11) is 1.38. The molecule has 0 fully saturated rings. The van der Waals surface area contributed by atoms with Gasteiger partial charge in [0, 0.05) is 5.75 Å². The van der Waals surface area contributed by atoms with Gasteiger partial charge in [-0.3, -0.25) is 14.5 Å². The number of phenolic OH excluding ortho intramolecular Hbond substituents is 1. The average Bonchev–Trinajstić information content (AvgIpc) is 3.54. The van der Waals surface area contributed by atoms with Crippen LogP contribution in [0.5, 0.6) is 11.5 Å². The van der Waals surface area contributed by atoms with E-state index in [0.29, 0.717) is 21.2 Å². The highest BCUT2D eigenvalue weighted by molar-refractivity contribution is 8.00. The summed E-state index contributed by atoms with van der Waals surface area (Å²) >= 11 is 2.32. The first-order chi connectivity index (χ1) is 19.4. The third kappa shape index (κ3) is 5.47. The highest BCUT2D eigenvalue weighted by Gasteiger charge is 2.45. The quantitative estimate of drug-likeness (QED) is 0.145. The molecule has 1 aliphatic heterocycles. The molecule has 8 nitrogen and oxygen atoms in total. The van der Waals surface area contributed by atoms with Crippen LogP contribution in [-0.4, -0.2) is 39.2 Å². The molecule has 1 aliphatic rings. The van der Waals surface area contributed by atoms with E-state index >= 15 is 0 Å². The standard InChI is InChI=1S/C29H22FN3O5S2/c1-38-23-15-18(12-14-21(23)34)25-24(22(35)13-11-17-7-3-2-4-8-17)26(36)27(37)33(25)28-31-32-29(40-28)39-16-19-9-5-6-10-20(19)30/h2-15,25,34,36H,16H2,1H3. The number of aliphatic hydroxyl groups is 1. The normalized spacial score (nSPS) is 15.3. The Hall–Kier alpha value is -4.48. The van der Waals surface area contributed by atoms with E-state index in [-0.39, 0.29) is 28.0 Å². The molecule has 0 bridgehead atoms. The van der Waals surface area contributed by atoms with Gasteiger partial charge in [-0.25, -0.2) is 4.39 Å². The van der Waals surface area contributed by atoms with E-state index < -0.39 is 23.5 Å². The Bertz CT molecular complexity index is 1640. The fourth-order valence-corrected chi connectivity index (χ4v) is 6.03. The molecule has 3 aromatic carbocycles. The van der Waals surface area contributed by atoms with Crippen molar-refractivity contribution >= 4 is 46.0 Å². The van der Waals surface area contributed by atoms with Crippen molar-refractivity contribution in [1.29, 1.82) is 0 Å². The van der Waals surface area contributed by atoms with Crippen molar-refractivity contribution in [2.75, 3.05) is 12.0 Å². The zero-order chi connectivity index (χ0) is 28.2. The number of halogens is 1. The van der Waals surface area contributed by atoms with Gasteiger partial charge in [0.05, 0.1) is 18.7 Å².